The average molecular weight is 807 g/mol. The molecular weight excluding hydrogens is 757 g/mol. The number of para-hydroxylation sites is 3. The molecule has 0 saturated heterocycles. The molecule has 2 atom stereocenters. The van der Waals surface area contributed by atoms with E-state index in [9.17, 15) is 0 Å². The Kier molecular flexibility index (Phi) is 7.78. The predicted octanol–water partition coefficient (Wildman–Crippen LogP) is 13.9. The van der Waals surface area contributed by atoms with Crippen molar-refractivity contribution in [1.29, 1.82) is 0 Å². The Bertz CT molecular complexity index is 3410. The first-order valence-electron chi connectivity index (χ1n) is 21.9. The van der Waals surface area contributed by atoms with Crippen molar-refractivity contribution < 1.29 is 0 Å². The molecule has 0 spiro atoms. The molecule has 304 valence electrons. The number of hydrogen-bond acceptors (Lipinski definition) is 3. The van der Waals surface area contributed by atoms with Crippen LogP contribution >= 0.6 is 0 Å². The van der Waals surface area contributed by atoms with E-state index in [0.717, 1.165) is 27.9 Å². The monoisotopic (exact) mass is 806 g/mol. The van der Waals surface area contributed by atoms with Crippen LogP contribution < -0.4 is 10.2 Å². The van der Waals surface area contributed by atoms with Crippen molar-refractivity contribution in [2.75, 3.05) is 10.2 Å². The molecule has 0 bridgehead atoms. The number of fused-ring (bicyclic) bond motifs is 4. The fourth-order valence-electron chi connectivity index (χ4n) is 10.4. The molecule has 0 fully saturated rings. The van der Waals surface area contributed by atoms with E-state index in [1.54, 1.807) is 0 Å². The Hall–Kier alpha value is -7.18. The fraction of sp³-hybridized carbons (Fsp3) is 0.179. The van der Waals surface area contributed by atoms with Crippen LogP contribution in [0.2, 0.25) is 0 Å². The molecule has 12 rings (SSSR count). The summed E-state index contributed by atoms with van der Waals surface area (Å²) in [6.45, 7) is 14.2. The van der Waals surface area contributed by atoms with Crippen LogP contribution in [0.3, 0.4) is 0 Å². The van der Waals surface area contributed by atoms with E-state index in [0.29, 0.717) is 0 Å². The second kappa shape index (κ2) is 13.2. The van der Waals surface area contributed by atoms with Gasteiger partial charge in [-0.2, -0.15) is 10.2 Å². The first-order chi connectivity index (χ1) is 30.0. The molecule has 0 radical (unpaired) electrons. The Morgan fingerprint density at radius 2 is 0.855 bits per heavy atom. The van der Waals surface area contributed by atoms with Crippen LogP contribution in [0.5, 0.6) is 0 Å². The Balaban J connectivity index is 1.22. The van der Waals surface area contributed by atoms with Crippen molar-refractivity contribution in [2.45, 2.75) is 58.4 Å². The molecule has 2 unspecified atom stereocenters. The van der Waals surface area contributed by atoms with E-state index >= 15 is 0 Å². The van der Waals surface area contributed by atoms with E-state index in [1.165, 1.54) is 59.6 Å². The molecule has 62 heavy (non-hydrogen) atoms. The fourth-order valence-corrected chi connectivity index (χ4v) is 10.4. The smallest absolute Gasteiger partial charge is 0.0905 e. The summed E-state index contributed by atoms with van der Waals surface area (Å²) in [6.07, 6.45) is 20.3. The van der Waals surface area contributed by atoms with Crippen molar-refractivity contribution in [1.82, 2.24) is 19.0 Å². The topological polar surface area (TPSA) is 24.5 Å². The summed E-state index contributed by atoms with van der Waals surface area (Å²) in [5.41, 5.74) is 8.03. The van der Waals surface area contributed by atoms with Crippen LogP contribution in [-0.2, 0) is 10.8 Å². The summed E-state index contributed by atoms with van der Waals surface area (Å²) in [4.78, 5) is 0. The minimum Gasteiger partial charge on any atom is -0.266 e. The van der Waals surface area contributed by atoms with Gasteiger partial charge in [0, 0.05) is 57.6 Å². The molecule has 4 heterocycles. The van der Waals surface area contributed by atoms with Gasteiger partial charge in [0.25, 0.3) is 0 Å². The summed E-state index contributed by atoms with van der Waals surface area (Å²) in [6, 6.07) is 47.5. The number of benzene rings is 7. The zero-order valence-corrected chi connectivity index (χ0v) is 36.2. The highest BCUT2D eigenvalue weighted by Crippen LogP contribution is 2.50. The lowest BCUT2D eigenvalue weighted by Crippen LogP contribution is -2.47. The van der Waals surface area contributed by atoms with Gasteiger partial charge in [-0.1, -0.05) is 151 Å². The SMILES string of the molecule is CC(C)(C)c1cc(N(N2C=CC3C=CC=CC32)n2ccc3ccccc32)c2ccc3c(C(C)(C)C)cc(N(n4ccc5ccccc54)n4ccc5ccccc54)c4ccc1c2c43. The van der Waals surface area contributed by atoms with Gasteiger partial charge in [-0.3, -0.25) is 5.01 Å². The molecule has 6 heteroatoms. The van der Waals surface area contributed by atoms with Gasteiger partial charge in [-0.25, -0.2) is 14.0 Å². The largest absolute Gasteiger partial charge is 0.266 e. The highest BCUT2D eigenvalue weighted by atomic mass is 15.8. The van der Waals surface area contributed by atoms with Crippen LogP contribution in [0, 0.1) is 5.92 Å². The average Bonchev–Trinajstić information content (AvgIpc) is 4.09. The summed E-state index contributed by atoms with van der Waals surface area (Å²) in [5.74, 6) is 0.281. The Labute approximate surface area is 362 Å². The number of anilines is 2. The maximum atomic E-state index is 2.48. The van der Waals surface area contributed by atoms with Gasteiger partial charge in [0.2, 0.25) is 0 Å². The van der Waals surface area contributed by atoms with Crippen molar-refractivity contribution in [3.05, 3.63) is 194 Å². The maximum Gasteiger partial charge on any atom is 0.0905 e. The Morgan fingerprint density at radius 3 is 1.34 bits per heavy atom. The summed E-state index contributed by atoms with van der Waals surface area (Å²) >= 11 is 0. The highest BCUT2D eigenvalue weighted by molar-refractivity contribution is 6.29. The van der Waals surface area contributed by atoms with Gasteiger partial charge in [-0.15, -0.1) is 0 Å². The first-order valence-corrected chi connectivity index (χ1v) is 21.9. The number of nitrogens with zero attached hydrogens (tertiary/aromatic N) is 6. The molecular formula is C56H50N6. The third-order valence-electron chi connectivity index (χ3n) is 13.4. The molecule has 6 nitrogen and oxygen atoms in total. The van der Waals surface area contributed by atoms with Crippen molar-refractivity contribution in [2.24, 2.45) is 5.92 Å². The molecule has 3 aromatic heterocycles. The van der Waals surface area contributed by atoms with E-state index < -0.39 is 0 Å². The van der Waals surface area contributed by atoms with Gasteiger partial charge in [-0.05, 0) is 92.0 Å². The standard InChI is InChI=1S/C56H50N6/c1-55(2,3)45-35-51(61(57-31-27-37-15-7-11-19-47(37)57)58-32-28-38-16-8-12-20-48(38)58)43-26-24-42-46(56(4,5)6)36-52(44-25-23-41(45)53(43)54(42)44)62(59-33-29-39-17-9-13-21-49(39)59)60-34-30-40-18-10-14-22-50(40)60/h7-37,47H,1-6H3. The zero-order chi connectivity index (χ0) is 42.1. The summed E-state index contributed by atoms with van der Waals surface area (Å²) in [5, 5.41) is 18.5. The minimum absolute atomic E-state index is 0.137. The summed E-state index contributed by atoms with van der Waals surface area (Å²) < 4.78 is 7.01. The van der Waals surface area contributed by atoms with Crippen molar-refractivity contribution in [3.8, 4) is 0 Å². The van der Waals surface area contributed by atoms with Gasteiger partial charge in [0.1, 0.15) is 0 Å². The lowest BCUT2D eigenvalue weighted by molar-refractivity contribution is 0.269. The molecule has 0 saturated carbocycles. The number of hydrogen-bond donors (Lipinski definition) is 0. The van der Waals surface area contributed by atoms with Crippen LogP contribution in [0.25, 0.3) is 65.0 Å². The van der Waals surface area contributed by atoms with Crippen LogP contribution in [0.1, 0.15) is 52.7 Å². The molecule has 0 amide bonds. The predicted molar refractivity (Wildman–Crippen MR) is 261 cm³/mol. The highest BCUT2D eigenvalue weighted by Gasteiger charge is 2.35. The minimum atomic E-state index is -0.164. The van der Waals surface area contributed by atoms with Crippen LogP contribution in [0.15, 0.2) is 183 Å². The van der Waals surface area contributed by atoms with Gasteiger partial charge >= 0.3 is 0 Å². The van der Waals surface area contributed by atoms with E-state index in [-0.39, 0.29) is 22.8 Å². The number of allylic oxidation sites excluding steroid dienone is 2. The second-order valence-corrected chi connectivity index (χ2v) is 19.3. The molecule has 7 aromatic carbocycles. The Morgan fingerprint density at radius 1 is 0.435 bits per heavy atom. The normalized spacial score (nSPS) is 16.6. The van der Waals surface area contributed by atoms with E-state index in [1.807, 2.05) is 0 Å². The van der Waals surface area contributed by atoms with Crippen molar-refractivity contribution >= 4 is 76.4 Å². The van der Waals surface area contributed by atoms with Gasteiger partial charge < -0.3 is 0 Å². The molecule has 1 aliphatic heterocycles. The number of rotatable bonds is 6. The van der Waals surface area contributed by atoms with Gasteiger partial charge in [0.05, 0.1) is 34.0 Å². The summed E-state index contributed by atoms with van der Waals surface area (Å²) in [7, 11) is 0. The lowest BCUT2D eigenvalue weighted by Gasteiger charge is -2.41. The van der Waals surface area contributed by atoms with Crippen LogP contribution in [0.4, 0.5) is 11.4 Å². The first kappa shape index (κ1) is 36.7. The quantitative estimate of drug-likeness (QED) is 0.156. The zero-order valence-electron chi connectivity index (χ0n) is 36.2. The maximum absolute atomic E-state index is 2.48. The lowest BCUT2D eigenvalue weighted by atomic mass is 9.77. The van der Waals surface area contributed by atoms with Gasteiger partial charge in [0.15, 0.2) is 0 Å². The molecule has 1 aliphatic carbocycles. The van der Waals surface area contributed by atoms with Crippen LogP contribution in [-0.4, -0.2) is 25.1 Å². The molecule has 2 aliphatic rings. The van der Waals surface area contributed by atoms with E-state index in [2.05, 4.69) is 253 Å². The molecule has 0 N–H and O–H groups in total. The number of hydrazine groups is 1. The number of aromatic nitrogens is 3. The van der Waals surface area contributed by atoms with Crippen molar-refractivity contribution in [3.63, 3.8) is 0 Å². The third-order valence-corrected chi connectivity index (χ3v) is 13.4. The third kappa shape index (κ3) is 5.35. The van der Waals surface area contributed by atoms with E-state index in [4.69, 9.17) is 0 Å². The molecule has 10 aromatic rings. The second-order valence-electron chi connectivity index (χ2n) is 19.3.